The SMILES string of the molecule is CCO.COC.ClCCl. The highest BCUT2D eigenvalue weighted by molar-refractivity contribution is 6.40. The first-order chi connectivity index (χ1) is 4.24. The van der Waals surface area contributed by atoms with Gasteiger partial charge < -0.3 is 9.84 Å². The van der Waals surface area contributed by atoms with E-state index in [9.17, 15) is 0 Å². The number of aliphatic hydroxyl groups excluding tert-OH is 1. The second-order valence-corrected chi connectivity index (χ2v) is 1.63. The van der Waals surface area contributed by atoms with Crippen molar-refractivity contribution in [2.24, 2.45) is 0 Å². The zero-order chi connectivity index (χ0) is 8.12. The van der Waals surface area contributed by atoms with Gasteiger partial charge in [-0.3, -0.25) is 0 Å². The number of ether oxygens (including phenoxy) is 1. The lowest BCUT2D eigenvalue weighted by molar-refractivity contribution is 0.277. The van der Waals surface area contributed by atoms with E-state index < -0.39 is 0 Å². The third-order valence-electron chi connectivity index (χ3n) is 0. The molecule has 0 atom stereocenters. The first-order valence-electron chi connectivity index (χ1n) is 2.37. The Labute approximate surface area is 66.7 Å². The van der Waals surface area contributed by atoms with E-state index in [4.69, 9.17) is 28.3 Å². The smallest absolute Gasteiger partial charge is 0.0967 e. The highest BCUT2D eigenvalue weighted by Gasteiger charge is 1.41. The van der Waals surface area contributed by atoms with Crippen LogP contribution in [0.3, 0.4) is 0 Å². The van der Waals surface area contributed by atoms with Gasteiger partial charge in [0.2, 0.25) is 0 Å². The minimum absolute atomic E-state index is 0.194. The Morgan fingerprint density at radius 2 is 1.33 bits per heavy atom. The van der Waals surface area contributed by atoms with E-state index in [2.05, 4.69) is 4.74 Å². The molecule has 0 aromatic rings. The molecular formula is C5H14Cl2O2. The van der Waals surface area contributed by atoms with Gasteiger partial charge in [-0.1, -0.05) is 0 Å². The summed E-state index contributed by atoms with van der Waals surface area (Å²) in [5, 5.41) is 7.76. The second-order valence-electron chi connectivity index (χ2n) is 0.825. The summed E-state index contributed by atoms with van der Waals surface area (Å²) in [6.07, 6.45) is 0. The van der Waals surface area contributed by atoms with E-state index in [-0.39, 0.29) is 11.9 Å². The Bertz CT molecular complexity index is 17.7. The molecule has 0 radical (unpaired) electrons. The molecule has 0 aliphatic rings. The lowest BCUT2D eigenvalue weighted by Gasteiger charge is -1.61. The minimum atomic E-state index is 0.194. The van der Waals surface area contributed by atoms with E-state index in [1.807, 2.05) is 0 Å². The fourth-order valence-corrected chi connectivity index (χ4v) is 0. The van der Waals surface area contributed by atoms with E-state index in [1.54, 1.807) is 21.1 Å². The van der Waals surface area contributed by atoms with Gasteiger partial charge in [-0.2, -0.15) is 0 Å². The summed E-state index contributed by atoms with van der Waals surface area (Å²) < 4.78 is 4.25. The van der Waals surface area contributed by atoms with Gasteiger partial charge in [0, 0.05) is 20.8 Å². The quantitative estimate of drug-likeness (QED) is 0.570. The van der Waals surface area contributed by atoms with Crippen LogP contribution in [0.5, 0.6) is 0 Å². The van der Waals surface area contributed by atoms with Gasteiger partial charge in [0.1, 0.15) is 0 Å². The molecule has 1 N–H and O–H groups in total. The summed E-state index contributed by atoms with van der Waals surface area (Å²) in [7, 11) is 3.25. The van der Waals surface area contributed by atoms with Gasteiger partial charge in [0.25, 0.3) is 0 Å². The van der Waals surface area contributed by atoms with Crippen LogP contribution in [0, 0.1) is 0 Å². The summed E-state index contributed by atoms with van der Waals surface area (Å²) in [4.78, 5) is 0. The van der Waals surface area contributed by atoms with Crippen molar-refractivity contribution in [2.75, 3.05) is 26.2 Å². The highest BCUT2D eigenvalue weighted by Crippen LogP contribution is 1.73. The molecule has 0 saturated carbocycles. The molecule has 0 aromatic heterocycles. The number of rotatable bonds is 0. The van der Waals surface area contributed by atoms with Gasteiger partial charge in [-0.15, -0.1) is 23.2 Å². The van der Waals surface area contributed by atoms with Gasteiger partial charge in [0.05, 0.1) is 5.34 Å². The molecule has 0 saturated heterocycles. The maximum absolute atomic E-state index is 7.57. The highest BCUT2D eigenvalue weighted by atomic mass is 35.5. The maximum Gasteiger partial charge on any atom is 0.0967 e. The van der Waals surface area contributed by atoms with Gasteiger partial charge in [0.15, 0.2) is 0 Å². The molecular weight excluding hydrogens is 163 g/mol. The molecule has 0 heterocycles. The first-order valence-corrected chi connectivity index (χ1v) is 3.44. The Hall–Kier alpha value is 0.500. The molecule has 0 bridgehead atoms. The molecule has 4 heteroatoms. The summed E-state index contributed by atoms with van der Waals surface area (Å²) in [6.45, 7) is 1.93. The maximum atomic E-state index is 7.57. The van der Waals surface area contributed by atoms with Gasteiger partial charge in [-0.25, -0.2) is 0 Å². The van der Waals surface area contributed by atoms with Crippen LogP contribution in [0.15, 0.2) is 0 Å². The summed E-state index contributed by atoms with van der Waals surface area (Å²) >= 11 is 9.53. The van der Waals surface area contributed by atoms with Crippen LogP contribution in [0.4, 0.5) is 0 Å². The third kappa shape index (κ3) is 1440. The molecule has 9 heavy (non-hydrogen) atoms. The van der Waals surface area contributed by atoms with Gasteiger partial charge >= 0.3 is 0 Å². The summed E-state index contributed by atoms with van der Waals surface area (Å²) in [5.74, 6) is 0. The molecule has 0 fully saturated rings. The summed E-state index contributed by atoms with van der Waals surface area (Å²) in [6, 6.07) is 0. The molecule has 0 unspecified atom stereocenters. The van der Waals surface area contributed by atoms with Crippen molar-refractivity contribution < 1.29 is 9.84 Å². The zero-order valence-corrected chi connectivity index (χ0v) is 7.54. The first kappa shape index (κ1) is 16.2. The molecule has 0 rings (SSSR count). The zero-order valence-electron chi connectivity index (χ0n) is 6.03. The Balaban J connectivity index is -0.0000000600. The van der Waals surface area contributed by atoms with Crippen molar-refractivity contribution in [3.05, 3.63) is 0 Å². The fraction of sp³-hybridized carbons (Fsp3) is 1.00. The Morgan fingerprint density at radius 3 is 1.33 bits per heavy atom. The van der Waals surface area contributed by atoms with E-state index in [0.717, 1.165) is 0 Å². The third-order valence-corrected chi connectivity index (χ3v) is 0. The lowest BCUT2D eigenvalue weighted by Crippen LogP contribution is -1.57. The monoisotopic (exact) mass is 176 g/mol. The average molecular weight is 177 g/mol. The second kappa shape index (κ2) is 39.0. The number of aliphatic hydroxyl groups is 1. The molecule has 0 aliphatic heterocycles. The number of alkyl halides is 2. The number of hydrogen-bond acceptors (Lipinski definition) is 2. The van der Waals surface area contributed by atoms with E-state index >= 15 is 0 Å². The van der Waals surface area contributed by atoms with E-state index in [1.165, 1.54) is 0 Å². The van der Waals surface area contributed by atoms with Crippen LogP contribution >= 0.6 is 23.2 Å². The topological polar surface area (TPSA) is 29.5 Å². The predicted octanol–water partition coefficient (Wildman–Crippen LogP) is 1.68. The van der Waals surface area contributed by atoms with Crippen LogP contribution < -0.4 is 0 Å². The predicted molar refractivity (Wildman–Crippen MR) is 42.3 cm³/mol. The van der Waals surface area contributed by atoms with Crippen molar-refractivity contribution in [2.45, 2.75) is 6.92 Å². The Morgan fingerprint density at radius 1 is 1.33 bits per heavy atom. The van der Waals surface area contributed by atoms with Crippen LogP contribution in [0.2, 0.25) is 0 Å². The van der Waals surface area contributed by atoms with Crippen molar-refractivity contribution >= 4 is 23.2 Å². The van der Waals surface area contributed by atoms with Crippen LogP contribution in [-0.2, 0) is 4.74 Å². The number of methoxy groups -OCH3 is 1. The van der Waals surface area contributed by atoms with Crippen molar-refractivity contribution in [1.82, 2.24) is 0 Å². The largest absolute Gasteiger partial charge is 0.397 e. The Kier molecular flexibility index (Phi) is 70.5. The molecule has 0 aliphatic carbocycles. The fourth-order valence-electron chi connectivity index (χ4n) is 0. The minimum Gasteiger partial charge on any atom is -0.397 e. The molecule has 60 valence electrons. The van der Waals surface area contributed by atoms with Crippen molar-refractivity contribution in [1.29, 1.82) is 0 Å². The van der Waals surface area contributed by atoms with E-state index in [0.29, 0.717) is 0 Å². The lowest BCUT2D eigenvalue weighted by atomic mass is 10.9. The summed E-state index contributed by atoms with van der Waals surface area (Å²) in [5.41, 5.74) is 0. The number of hydrogen-bond donors (Lipinski definition) is 1. The van der Waals surface area contributed by atoms with Crippen LogP contribution in [0.1, 0.15) is 6.92 Å². The average Bonchev–Trinajstić information content (AvgIpc) is 1.70. The van der Waals surface area contributed by atoms with Crippen molar-refractivity contribution in [3.63, 3.8) is 0 Å². The molecule has 0 aromatic carbocycles. The van der Waals surface area contributed by atoms with Crippen LogP contribution in [-0.4, -0.2) is 31.3 Å². The normalized spacial score (nSPS) is 6.00. The molecule has 0 spiro atoms. The standard InChI is InChI=1S/2C2H6O.CH2Cl2/c1-3-2;1-2-3;2-1-3/h1-2H3;3H,2H2,1H3;1H2. The van der Waals surface area contributed by atoms with Crippen LogP contribution in [0.25, 0.3) is 0 Å². The number of halogens is 2. The van der Waals surface area contributed by atoms with Gasteiger partial charge in [-0.05, 0) is 6.92 Å². The molecule has 2 nitrogen and oxygen atoms in total. The van der Waals surface area contributed by atoms with Crippen molar-refractivity contribution in [3.8, 4) is 0 Å². The molecule has 0 amide bonds.